The van der Waals surface area contributed by atoms with E-state index >= 15 is 0 Å². The molecule has 4 nitrogen and oxygen atoms in total. The van der Waals surface area contributed by atoms with Crippen molar-refractivity contribution in [1.82, 2.24) is 0 Å². The first kappa shape index (κ1) is 14.2. The molecule has 2 rings (SSSR count). The Kier molecular flexibility index (Phi) is 4.85. The molecule has 0 aliphatic carbocycles. The second-order valence-corrected chi connectivity index (χ2v) is 4.79. The summed E-state index contributed by atoms with van der Waals surface area (Å²) in [6, 6.07) is 15.6. The molecule has 0 aliphatic heterocycles. The highest BCUT2D eigenvalue weighted by Gasteiger charge is 2.08. The molecule has 4 heteroatoms. The molecule has 0 fully saturated rings. The SMILES string of the molecule is Nc1cccc(OC(N)CCCc2ccccc2)c1N. The van der Waals surface area contributed by atoms with Gasteiger partial charge in [0.15, 0.2) is 0 Å². The number of hydrogen-bond acceptors (Lipinski definition) is 4. The predicted molar refractivity (Wildman–Crippen MR) is 83.3 cm³/mol. The number of aryl methyl sites for hydroxylation is 1. The molecule has 0 bridgehead atoms. The van der Waals surface area contributed by atoms with E-state index in [1.165, 1.54) is 5.56 Å². The molecule has 0 spiro atoms. The Morgan fingerprint density at radius 2 is 1.70 bits per heavy atom. The number of anilines is 2. The lowest BCUT2D eigenvalue weighted by Gasteiger charge is -2.16. The van der Waals surface area contributed by atoms with E-state index in [0.717, 1.165) is 19.3 Å². The van der Waals surface area contributed by atoms with Gasteiger partial charge in [-0.15, -0.1) is 0 Å². The molecule has 1 atom stereocenters. The van der Waals surface area contributed by atoms with Crippen LogP contribution in [-0.4, -0.2) is 6.23 Å². The van der Waals surface area contributed by atoms with Gasteiger partial charge in [-0.2, -0.15) is 0 Å². The average Bonchev–Trinajstić information content (AvgIpc) is 2.45. The van der Waals surface area contributed by atoms with Crippen molar-refractivity contribution in [2.24, 2.45) is 5.73 Å². The van der Waals surface area contributed by atoms with Crippen molar-refractivity contribution in [3.05, 3.63) is 54.1 Å². The summed E-state index contributed by atoms with van der Waals surface area (Å²) in [5, 5.41) is 0. The molecular formula is C16H21N3O. The van der Waals surface area contributed by atoms with Gasteiger partial charge in [-0.3, -0.25) is 5.73 Å². The van der Waals surface area contributed by atoms with E-state index < -0.39 is 0 Å². The van der Waals surface area contributed by atoms with Crippen LogP contribution in [0.1, 0.15) is 18.4 Å². The number of benzene rings is 2. The fourth-order valence-electron chi connectivity index (χ4n) is 2.04. The minimum Gasteiger partial charge on any atom is -0.473 e. The zero-order valence-electron chi connectivity index (χ0n) is 11.5. The largest absolute Gasteiger partial charge is 0.473 e. The van der Waals surface area contributed by atoms with Crippen LogP contribution in [0.5, 0.6) is 5.75 Å². The second kappa shape index (κ2) is 6.82. The summed E-state index contributed by atoms with van der Waals surface area (Å²) in [4.78, 5) is 0. The van der Waals surface area contributed by atoms with Gasteiger partial charge in [0.25, 0.3) is 0 Å². The van der Waals surface area contributed by atoms with Crippen LogP contribution in [0.15, 0.2) is 48.5 Å². The van der Waals surface area contributed by atoms with Crippen LogP contribution in [0.25, 0.3) is 0 Å². The van der Waals surface area contributed by atoms with Crippen LogP contribution >= 0.6 is 0 Å². The number of para-hydroxylation sites is 1. The minimum atomic E-state index is -0.372. The fraction of sp³-hybridized carbons (Fsp3) is 0.250. The molecule has 6 N–H and O–H groups in total. The lowest BCUT2D eigenvalue weighted by molar-refractivity contribution is 0.197. The van der Waals surface area contributed by atoms with E-state index in [0.29, 0.717) is 17.1 Å². The highest BCUT2D eigenvalue weighted by molar-refractivity contribution is 5.70. The monoisotopic (exact) mass is 271 g/mol. The van der Waals surface area contributed by atoms with Crippen LogP contribution in [0, 0.1) is 0 Å². The Balaban J connectivity index is 1.81. The molecule has 0 saturated carbocycles. The molecule has 0 aliphatic rings. The van der Waals surface area contributed by atoms with Crippen LogP contribution in [0.3, 0.4) is 0 Å². The maximum absolute atomic E-state index is 5.97. The molecule has 2 aromatic carbocycles. The van der Waals surface area contributed by atoms with Crippen LogP contribution < -0.4 is 21.9 Å². The van der Waals surface area contributed by atoms with Gasteiger partial charge in [0.2, 0.25) is 0 Å². The average molecular weight is 271 g/mol. The Morgan fingerprint density at radius 3 is 2.45 bits per heavy atom. The van der Waals surface area contributed by atoms with E-state index in [1.54, 1.807) is 18.2 Å². The van der Waals surface area contributed by atoms with Crippen molar-refractivity contribution in [1.29, 1.82) is 0 Å². The van der Waals surface area contributed by atoms with Crippen molar-refractivity contribution in [2.75, 3.05) is 11.5 Å². The van der Waals surface area contributed by atoms with Crippen molar-refractivity contribution in [3.8, 4) is 5.75 Å². The van der Waals surface area contributed by atoms with Crippen LogP contribution in [-0.2, 0) is 6.42 Å². The minimum absolute atomic E-state index is 0.372. The maximum Gasteiger partial charge on any atom is 0.147 e. The number of rotatable bonds is 6. The second-order valence-electron chi connectivity index (χ2n) is 4.79. The summed E-state index contributed by atoms with van der Waals surface area (Å²) in [5.41, 5.74) is 19.8. The molecule has 0 amide bonds. The van der Waals surface area contributed by atoms with Gasteiger partial charge in [0.05, 0.1) is 11.4 Å². The van der Waals surface area contributed by atoms with Gasteiger partial charge in [0, 0.05) is 0 Å². The van der Waals surface area contributed by atoms with Crippen molar-refractivity contribution < 1.29 is 4.74 Å². The summed E-state index contributed by atoms with van der Waals surface area (Å²) in [5.74, 6) is 0.553. The molecular weight excluding hydrogens is 250 g/mol. The third-order valence-corrected chi connectivity index (χ3v) is 3.18. The number of nitrogens with two attached hydrogens (primary N) is 3. The van der Waals surface area contributed by atoms with Gasteiger partial charge >= 0.3 is 0 Å². The van der Waals surface area contributed by atoms with E-state index in [2.05, 4.69) is 12.1 Å². The van der Waals surface area contributed by atoms with E-state index in [-0.39, 0.29) is 6.23 Å². The standard InChI is InChI=1S/C16H21N3O/c17-13-9-5-10-14(16(13)19)20-15(18)11-4-8-12-6-2-1-3-7-12/h1-3,5-7,9-10,15H,4,8,11,17-19H2. The molecule has 0 radical (unpaired) electrons. The van der Waals surface area contributed by atoms with Gasteiger partial charge in [-0.05, 0) is 37.0 Å². The van der Waals surface area contributed by atoms with Crippen LogP contribution in [0.2, 0.25) is 0 Å². The topological polar surface area (TPSA) is 87.3 Å². The van der Waals surface area contributed by atoms with Gasteiger partial charge < -0.3 is 16.2 Å². The number of nitrogen functional groups attached to an aromatic ring is 2. The summed E-state index contributed by atoms with van der Waals surface area (Å²) in [7, 11) is 0. The maximum atomic E-state index is 5.97. The van der Waals surface area contributed by atoms with E-state index in [9.17, 15) is 0 Å². The highest BCUT2D eigenvalue weighted by Crippen LogP contribution is 2.27. The quantitative estimate of drug-likeness (QED) is 0.556. The first-order valence-corrected chi connectivity index (χ1v) is 6.77. The zero-order chi connectivity index (χ0) is 14.4. The molecule has 1 unspecified atom stereocenters. The summed E-state index contributed by atoms with van der Waals surface area (Å²) >= 11 is 0. The van der Waals surface area contributed by atoms with Crippen LogP contribution in [0.4, 0.5) is 11.4 Å². The van der Waals surface area contributed by atoms with Gasteiger partial charge in [-0.25, -0.2) is 0 Å². The third-order valence-electron chi connectivity index (χ3n) is 3.18. The van der Waals surface area contributed by atoms with Gasteiger partial charge in [-0.1, -0.05) is 36.4 Å². The van der Waals surface area contributed by atoms with Gasteiger partial charge in [0.1, 0.15) is 12.0 Å². The number of hydrogen-bond donors (Lipinski definition) is 3. The summed E-state index contributed by atoms with van der Waals surface area (Å²) in [6.45, 7) is 0. The van der Waals surface area contributed by atoms with E-state index in [4.69, 9.17) is 21.9 Å². The van der Waals surface area contributed by atoms with Crippen molar-refractivity contribution in [2.45, 2.75) is 25.5 Å². The molecule has 2 aromatic rings. The highest BCUT2D eigenvalue weighted by atomic mass is 16.5. The predicted octanol–water partition coefficient (Wildman–Crippen LogP) is 2.54. The zero-order valence-corrected chi connectivity index (χ0v) is 11.5. The lowest BCUT2D eigenvalue weighted by atomic mass is 10.1. The Hall–Kier alpha value is -2.20. The molecule has 0 saturated heterocycles. The van der Waals surface area contributed by atoms with Crippen molar-refractivity contribution in [3.63, 3.8) is 0 Å². The molecule has 106 valence electrons. The fourth-order valence-corrected chi connectivity index (χ4v) is 2.04. The first-order valence-electron chi connectivity index (χ1n) is 6.77. The normalized spacial score (nSPS) is 12.1. The smallest absolute Gasteiger partial charge is 0.147 e. The Labute approximate surface area is 119 Å². The number of ether oxygens (including phenoxy) is 1. The molecule has 0 heterocycles. The first-order chi connectivity index (χ1) is 9.66. The molecule has 20 heavy (non-hydrogen) atoms. The lowest BCUT2D eigenvalue weighted by Crippen LogP contribution is -2.27. The van der Waals surface area contributed by atoms with Crippen molar-refractivity contribution >= 4 is 11.4 Å². The Morgan fingerprint density at radius 1 is 0.950 bits per heavy atom. The summed E-state index contributed by atoms with van der Waals surface area (Å²) in [6.07, 6.45) is 2.35. The third kappa shape index (κ3) is 3.90. The summed E-state index contributed by atoms with van der Waals surface area (Å²) < 4.78 is 5.64. The molecule has 0 aromatic heterocycles. The van der Waals surface area contributed by atoms with E-state index in [1.807, 2.05) is 18.2 Å². The Bertz CT molecular complexity index is 543.